The van der Waals surface area contributed by atoms with Crippen molar-refractivity contribution in [3.05, 3.63) is 59.7 Å². The van der Waals surface area contributed by atoms with E-state index in [1.807, 2.05) is 53.8 Å². The molecule has 0 spiro atoms. The maximum atomic E-state index is 13.1. The van der Waals surface area contributed by atoms with Crippen molar-refractivity contribution in [2.24, 2.45) is 0 Å². The van der Waals surface area contributed by atoms with Crippen LogP contribution < -0.4 is 10.6 Å². The van der Waals surface area contributed by atoms with Gasteiger partial charge in [-0.25, -0.2) is 9.59 Å². The molecule has 2 amide bonds. The number of hydrogen-bond donors (Lipinski definition) is 3. The lowest BCUT2D eigenvalue weighted by atomic mass is 9.98. The average Bonchev–Trinajstić information content (AvgIpc) is 3.43. The minimum Gasteiger partial charge on any atom is -0.477 e. The summed E-state index contributed by atoms with van der Waals surface area (Å²) >= 11 is 0. The number of alkyl carbamates (subject to hydrolysis) is 1. The van der Waals surface area contributed by atoms with Crippen LogP contribution in [-0.4, -0.2) is 60.9 Å². The van der Waals surface area contributed by atoms with Crippen LogP contribution in [0.2, 0.25) is 0 Å². The van der Waals surface area contributed by atoms with E-state index in [1.165, 1.54) is 0 Å². The van der Waals surface area contributed by atoms with Crippen LogP contribution in [0.25, 0.3) is 11.1 Å². The highest BCUT2D eigenvalue weighted by atomic mass is 19.3. The van der Waals surface area contributed by atoms with Gasteiger partial charge in [-0.3, -0.25) is 4.79 Å². The van der Waals surface area contributed by atoms with Gasteiger partial charge in [-0.05, 0) is 35.1 Å². The zero-order valence-electron chi connectivity index (χ0n) is 18.1. The van der Waals surface area contributed by atoms with Crippen LogP contribution in [0.15, 0.2) is 48.5 Å². The predicted octanol–water partition coefficient (Wildman–Crippen LogP) is 2.91. The quantitative estimate of drug-likeness (QED) is 0.542. The largest absolute Gasteiger partial charge is 0.477 e. The summed E-state index contributed by atoms with van der Waals surface area (Å²) in [4.78, 5) is 34.7. The summed E-state index contributed by atoms with van der Waals surface area (Å²) in [6.45, 7) is -1.07. The molecule has 2 aliphatic rings. The van der Waals surface area contributed by atoms with E-state index in [9.17, 15) is 23.2 Å². The summed E-state index contributed by atoms with van der Waals surface area (Å²) in [5.41, 5.74) is 4.43. The Kier molecular flexibility index (Phi) is 6.78. The lowest BCUT2D eigenvalue weighted by molar-refractivity contribution is -0.164. The number of amides is 2. The normalized spacial score (nSPS) is 19.2. The van der Waals surface area contributed by atoms with Gasteiger partial charge in [0.15, 0.2) is 0 Å². The van der Waals surface area contributed by atoms with Crippen molar-refractivity contribution >= 4 is 18.0 Å². The third-order valence-electron chi connectivity index (χ3n) is 6.02. The van der Waals surface area contributed by atoms with E-state index in [0.717, 1.165) is 22.3 Å². The molecule has 3 N–H and O–H groups in total. The molecule has 180 valence electrons. The van der Waals surface area contributed by atoms with E-state index in [4.69, 9.17) is 14.6 Å². The first-order valence-electron chi connectivity index (χ1n) is 10.9. The van der Waals surface area contributed by atoms with Crippen molar-refractivity contribution in [1.29, 1.82) is 0 Å². The van der Waals surface area contributed by atoms with Gasteiger partial charge < -0.3 is 25.2 Å². The molecule has 0 radical (unpaired) electrons. The predicted molar refractivity (Wildman–Crippen MR) is 117 cm³/mol. The number of ether oxygens (including phenoxy) is 2. The molecular weight excluding hydrogens is 450 g/mol. The molecule has 34 heavy (non-hydrogen) atoms. The van der Waals surface area contributed by atoms with Gasteiger partial charge in [0.2, 0.25) is 5.91 Å². The van der Waals surface area contributed by atoms with E-state index >= 15 is 0 Å². The van der Waals surface area contributed by atoms with Gasteiger partial charge in [0, 0.05) is 12.5 Å². The monoisotopic (exact) mass is 474 g/mol. The van der Waals surface area contributed by atoms with Gasteiger partial charge in [-0.2, -0.15) is 8.78 Å². The number of halogens is 2. The molecule has 1 saturated heterocycles. The van der Waals surface area contributed by atoms with Crippen LogP contribution in [0.5, 0.6) is 0 Å². The van der Waals surface area contributed by atoms with Crippen molar-refractivity contribution in [2.45, 2.75) is 36.9 Å². The summed E-state index contributed by atoms with van der Waals surface area (Å²) in [6.07, 6.45) is -1.41. The van der Waals surface area contributed by atoms with Crippen molar-refractivity contribution in [2.75, 3.05) is 19.7 Å². The average molecular weight is 474 g/mol. The number of hydrogen-bond acceptors (Lipinski definition) is 5. The van der Waals surface area contributed by atoms with Gasteiger partial charge in [0.05, 0.1) is 12.6 Å². The second-order valence-electron chi connectivity index (χ2n) is 8.26. The number of carbonyl (C=O) groups is 3. The third-order valence-corrected chi connectivity index (χ3v) is 6.02. The number of aliphatic carboxylic acids is 1. The molecule has 4 rings (SSSR count). The molecule has 10 heteroatoms. The second-order valence-corrected chi connectivity index (χ2v) is 8.26. The first kappa shape index (κ1) is 23.6. The molecule has 0 aromatic heterocycles. The Balaban J connectivity index is 1.23. The summed E-state index contributed by atoms with van der Waals surface area (Å²) in [5, 5.41) is 12.9. The Hall–Kier alpha value is -3.53. The topological polar surface area (TPSA) is 114 Å². The minimum atomic E-state index is -4.06. The molecule has 0 bridgehead atoms. The number of rotatable bonds is 8. The van der Waals surface area contributed by atoms with Gasteiger partial charge in [0.1, 0.15) is 12.7 Å². The van der Waals surface area contributed by atoms with E-state index < -0.39 is 42.6 Å². The maximum Gasteiger partial charge on any atom is 0.407 e. The molecule has 2 unspecified atom stereocenters. The Morgan fingerprint density at radius 2 is 1.62 bits per heavy atom. The van der Waals surface area contributed by atoms with E-state index in [1.54, 1.807) is 0 Å². The van der Waals surface area contributed by atoms with Gasteiger partial charge in [-0.15, -0.1) is 0 Å². The lowest BCUT2D eigenvalue weighted by Crippen LogP contribution is -2.45. The van der Waals surface area contributed by atoms with Crippen molar-refractivity contribution in [1.82, 2.24) is 10.6 Å². The third kappa shape index (κ3) is 5.01. The van der Waals surface area contributed by atoms with E-state index in [0.29, 0.717) is 6.42 Å². The first-order chi connectivity index (χ1) is 16.3. The highest BCUT2D eigenvalue weighted by Crippen LogP contribution is 2.44. The van der Waals surface area contributed by atoms with E-state index in [-0.39, 0.29) is 25.5 Å². The number of carboxylic acids is 1. The van der Waals surface area contributed by atoms with Gasteiger partial charge >= 0.3 is 18.0 Å². The lowest BCUT2D eigenvalue weighted by Gasteiger charge is -2.17. The molecule has 2 aromatic carbocycles. The molecule has 1 fully saturated rings. The SMILES string of the molecule is O=C(NCC1CCC(C(=O)NCC(F)(F)C(=O)O)O1)OCC1c2ccccc2-c2ccccc21. The molecule has 0 saturated carbocycles. The van der Waals surface area contributed by atoms with Crippen molar-refractivity contribution in [3.63, 3.8) is 0 Å². The summed E-state index contributed by atoms with van der Waals surface area (Å²) in [5.74, 6) is -7.26. The van der Waals surface area contributed by atoms with E-state index in [2.05, 4.69) is 5.32 Å². The maximum absolute atomic E-state index is 13.1. The van der Waals surface area contributed by atoms with Crippen LogP contribution >= 0.6 is 0 Å². The van der Waals surface area contributed by atoms with Crippen LogP contribution in [0, 0.1) is 0 Å². The highest BCUT2D eigenvalue weighted by molar-refractivity contribution is 5.83. The summed E-state index contributed by atoms with van der Waals surface area (Å²) in [6, 6.07) is 16.0. The minimum absolute atomic E-state index is 0.0714. The van der Waals surface area contributed by atoms with Crippen molar-refractivity contribution < 1.29 is 37.7 Å². The molecule has 2 atom stereocenters. The number of fused-ring (bicyclic) bond motifs is 3. The fraction of sp³-hybridized carbons (Fsp3) is 0.375. The van der Waals surface area contributed by atoms with Crippen molar-refractivity contribution in [3.8, 4) is 11.1 Å². The van der Waals surface area contributed by atoms with Crippen LogP contribution in [-0.2, 0) is 19.1 Å². The molecule has 1 aliphatic heterocycles. The highest BCUT2D eigenvalue weighted by Gasteiger charge is 2.40. The summed E-state index contributed by atoms with van der Waals surface area (Å²) in [7, 11) is 0. The molecule has 1 heterocycles. The Morgan fingerprint density at radius 3 is 2.24 bits per heavy atom. The molecule has 8 nitrogen and oxygen atoms in total. The first-order valence-corrected chi connectivity index (χ1v) is 10.9. The Labute approximate surface area is 194 Å². The standard InChI is InChI=1S/C24H24F2N2O6/c25-24(26,22(30)31)13-28-21(29)20-10-9-14(34-20)11-27-23(32)33-12-19-17-7-3-1-5-15(17)16-6-2-4-8-18(16)19/h1-8,14,19-20H,9-13H2,(H,27,32)(H,28,29)(H,30,31). The van der Waals surface area contributed by atoms with Crippen LogP contribution in [0.1, 0.15) is 29.9 Å². The zero-order valence-corrected chi connectivity index (χ0v) is 18.1. The fourth-order valence-corrected chi connectivity index (χ4v) is 4.28. The Bertz CT molecular complexity index is 1050. The number of benzene rings is 2. The van der Waals surface area contributed by atoms with Crippen LogP contribution in [0.4, 0.5) is 13.6 Å². The zero-order chi connectivity index (χ0) is 24.3. The molecule has 1 aliphatic carbocycles. The number of nitrogens with one attached hydrogen (secondary N) is 2. The number of carboxylic acid groups (broad SMARTS) is 1. The van der Waals surface area contributed by atoms with Crippen LogP contribution in [0.3, 0.4) is 0 Å². The summed E-state index contributed by atoms with van der Waals surface area (Å²) < 4.78 is 37.2. The molecular formula is C24H24F2N2O6. The van der Waals surface area contributed by atoms with Gasteiger partial charge in [-0.1, -0.05) is 48.5 Å². The smallest absolute Gasteiger partial charge is 0.407 e. The van der Waals surface area contributed by atoms with Gasteiger partial charge in [0.25, 0.3) is 0 Å². The molecule has 2 aromatic rings. The number of alkyl halides is 2. The second kappa shape index (κ2) is 9.76. The fourth-order valence-electron chi connectivity index (χ4n) is 4.28. The number of carbonyl (C=O) groups excluding carboxylic acids is 2. The Morgan fingerprint density at radius 1 is 1.00 bits per heavy atom.